The van der Waals surface area contributed by atoms with Gasteiger partial charge in [-0.1, -0.05) is 334 Å². The highest BCUT2D eigenvalue weighted by Crippen LogP contribution is 2.45. The molecule has 16 nitrogen and oxygen atoms in total. The summed E-state index contributed by atoms with van der Waals surface area (Å²) in [6, 6.07) is 0. The van der Waals surface area contributed by atoms with Crippen molar-refractivity contribution in [3.05, 3.63) is 146 Å². The summed E-state index contributed by atoms with van der Waals surface area (Å²) in [5.41, 5.74) is 0. The molecule has 0 radical (unpaired) electrons. The molecule has 0 aromatic heterocycles. The second-order valence-corrected chi connectivity index (χ2v) is 31.5. The smallest absolute Gasteiger partial charge is 0.463 e. The minimum absolute atomic E-state index is 0.0843. The van der Waals surface area contributed by atoms with Gasteiger partial charge in [0.05, 0.1) is 26.4 Å². The highest BCUT2D eigenvalue weighted by Gasteiger charge is 2.29. The average molecular weight is 1570 g/mol. The van der Waals surface area contributed by atoms with Crippen molar-refractivity contribution in [2.24, 2.45) is 0 Å². The van der Waals surface area contributed by atoms with Crippen molar-refractivity contribution in [2.75, 3.05) is 39.6 Å². The molecule has 18 heteroatoms. The van der Waals surface area contributed by atoms with Crippen LogP contribution in [0.1, 0.15) is 355 Å². The molecular weight excluding hydrogens is 1410 g/mol. The van der Waals surface area contributed by atoms with Gasteiger partial charge in [-0.25, -0.2) is 9.13 Å². The van der Waals surface area contributed by atoms with Crippen LogP contribution in [0.3, 0.4) is 0 Å². The lowest BCUT2D eigenvalue weighted by atomic mass is 10.0. The summed E-state index contributed by atoms with van der Waals surface area (Å²) in [6.07, 6.45) is 103. The molecule has 0 aliphatic carbocycles. The Morgan fingerprint density at radius 2 is 0.486 bits per heavy atom. The van der Waals surface area contributed by atoms with Crippen LogP contribution in [-0.4, -0.2) is 95.9 Å². The van der Waals surface area contributed by atoms with E-state index >= 15 is 0 Å². The molecule has 626 valence electrons. The molecule has 0 aliphatic heterocycles. The van der Waals surface area contributed by atoms with Gasteiger partial charge in [-0.2, -0.15) is 0 Å². The van der Waals surface area contributed by atoms with Crippen molar-refractivity contribution in [3.63, 3.8) is 0 Å². The van der Waals surface area contributed by atoms with E-state index in [0.29, 0.717) is 19.3 Å². The Morgan fingerprint density at radius 1 is 0.266 bits per heavy atom. The molecule has 0 saturated heterocycles. The van der Waals surface area contributed by atoms with Gasteiger partial charge in [0, 0.05) is 19.3 Å². The summed E-state index contributed by atoms with van der Waals surface area (Å²) in [5.74, 6) is -1.59. The molecule has 0 saturated carbocycles. The number of aliphatic hydroxyl groups is 2. The van der Waals surface area contributed by atoms with Gasteiger partial charge in [0.15, 0.2) is 6.10 Å². The number of allylic oxidation sites excluding steroid dienone is 24. The van der Waals surface area contributed by atoms with Crippen LogP contribution in [0, 0.1) is 0 Å². The number of phosphoric acid groups is 2. The zero-order valence-electron chi connectivity index (χ0n) is 68.7. The Bertz CT molecular complexity index is 2560. The van der Waals surface area contributed by atoms with E-state index in [1.165, 1.54) is 135 Å². The lowest BCUT2D eigenvalue weighted by Gasteiger charge is -2.21. The fraction of sp³-hybridized carbons (Fsp3) is 0.703. The van der Waals surface area contributed by atoms with Gasteiger partial charge in [0.2, 0.25) is 0 Å². The second kappa shape index (κ2) is 82.9. The van der Waals surface area contributed by atoms with Gasteiger partial charge in [0.1, 0.15) is 25.4 Å². The predicted octanol–water partition coefficient (Wildman–Crippen LogP) is 26.0. The van der Waals surface area contributed by atoms with Crippen LogP contribution >= 0.6 is 15.6 Å². The number of phosphoric ester groups is 2. The third-order valence-electron chi connectivity index (χ3n) is 18.0. The molecule has 0 bridgehead atoms. The fourth-order valence-electron chi connectivity index (χ4n) is 11.5. The minimum Gasteiger partial charge on any atom is -0.463 e. The van der Waals surface area contributed by atoms with Crippen LogP contribution in [0.4, 0.5) is 0 Å². The number of aliphatic hydroxyl groups excluding tert-OH is 2. The normalized spacial score (nSPS) is 14.6. The van der Waals surface area contributed by atoms with Crippen molar-refractivity contribution in [1.82, 2.24) is 0 Å². The molecule has 5 unspecified atom stereocenters. The van der Waals surface area contributed by atoms with Gasteiger partial charge >= 0.3 is 33.6 Å². The predicted molar refractivity (Wildman–Crippen MR) is 454 cm³/mol. The van der Waals surface area contributed by atoms with Crippen molar-refractivity contribution in [2.45, 2.75) is 373 Å². The van der Waals surface area contributed by atoms with E-state index < -0.39 is 91.5 Å². The zero-order chi connectivity index (χ0) is 79.4. The summed E-state index contributed by atoms with van der Waals surface area (Å²) in [6.45, 7) is 2.52. The quantitative estimate of drug-likeness (QED) is 0.0146. The number of ether oxygens (including phenoxy) is 3. The lowest BCUT2D eigenvalue weighted by molar-refractivity contribution is -0.161. The van der Waals surface area contributed by atoms with E-state index in [-0.39, 0.29) is 19.3 Å². The summed E-state index contributed by atoms with van der Waals surface area (Å²) in [7, 11) is -9.81. The standard InChI is InChI=1S/C91H156O16P2/c1-4-7-10-13-16-19-22-25-28-31-34-36-38-40-42-44-46-48-51-53-56-59-62-65-68-71-74-77-89(94)101-80-86(92)81-103-108(97,98)104-82-87(93)83-105-109(99,100)106-85-88(107-91(96)79-76-73-70-67-64-61-58-55-50-33-30-27-24-21-18-15-12-9-6-3)84-102-90(95)78-75-72-69-66-63-60-57-54-52-49-47-45-43-41-39-37-35-32-29-26-23-20-17-14-11-8-5-2/h9,12,16-21,25-30,34-37,40-43,50,55,86-88,92-93H,4-8,10-11,13-15,22-24,31-33,38-39,44-49,51-54,56-85H2,1-3H3,(H,97,98)(H,99,100)/b12-9-,19-16-,20-17-,21-18-,28-25-,29-26-,30-27-,36-34-,37-35-,42-40-,43-41-,55-50-. The van der Waals surface area contributed by atoms with Crippen LogP contribution in [0.25, 0.3) is 0 Å². The summed E-state index contributed by atoms with van der Waals surface area (Å²) >= 11 is 0. The summed E-state index contributed by atoms with van der Waals surface area (Å²) < 4.78 is 61.3. The maximum Gasteiger partial charge on any atom is 0.472 e. The number of rotatable bonds is 81. The van der Waals surface area contributed by atoms with E-state index in [2.05, 4.69) is 167 Å². The van der Waals surface area contributed by atoms with Crippen LogP contribution in [-0.2, 0) is 55.8 Å². The second-order valence-electron chi connectivity index (χ2n) is 28.6. The number of carbonyl (C=O) groups excluding carboxylic acids is 3. The number of hydrogen-bond donors (Lipinski definition) is 4. The molecule has 5 atom stereocenters. The molecule has 0 rings (SSSR count). The maximum atomic E-state index is 13.0. The Kier molecular flexibility index (Phi) is 79.4. The maximum absolute atomic E-state index is 13.0. The van der Waals surface area contributed by atoms with E-state index in [9.17, 15) is 43.5 Å². The molecule has 0 aliphatic rings. The lowest BCUT2D eigenvalue weighted by Crippen LogP contribution is -2.30. The first kappa shape index (κ1) is 104. The molecule has 0 fully saturated rings. The SMILES string of the molecule is CC/C=C\C/C=C\C/C=C\C/C=C\CCCCCCCCC(=O)OC(COC(=O)CCCCCCCCCCCCC/C=C\C/C=C\C/C=C\C/C=C\CCCCC)COP(=O)(O)OCC(O)COP(=O)(O)OCC(O)COC(=O)CCCCCCCCCCCCC/C=C\C/C=C\C/C=C\C/C=C\CCCCC. The third-order valence-corrected chi connectivity index (χ3v) is 19.9. The molecule has 0 amide bonds. The van der Waals surface area contributed by atoms with E-state index in [4.69, 9.17) is 32.3 Å². The summed E-state index contributed by atoms with van der Waals surface area (Å²) in [5, 5.41) is 20.7. The largest absolute Gasteiger partial charge is 0.472 e. The van der Waals surface area contributed by atoms with Crippen LogP contribution in [0.2, 0.25) is 0 Å². The van der Waals surface area contributed by atoms with Crippen molar-refractivity contribution in [1.29, 1.82) is 0 Å². The van der Waals surface area contributed by atoms with Gasteiger partial charge < -0.3 is 34.2 Å². The van der Waals surface area contributed by atoms with E-state index in [1.54, 1.807) is 0 Å². The highest BCUT2D eigenvalue weighted by molar-refractivity contribution is 7.47. The first-order chi connectivity index (χ1) is 53.2. The fourth-order valence-corrected chi connectivity index (χ4v) is 13.1. The van der Waals surface area contributed by atoms with Crippen LogP contribution in [0.5, 0.6) is 0 Å². The molecule has 4 N–H and O–H groups in total. The monoisotopic (exact) mass is 1570 g/mol. The minimum atomic E-state index is -4.95. The molecular formula is C91H156O16P2. The Balaban J connectivity index is 4.63. The van der Waals surface area contributed by atoms with Crippen LogP contribution < -0.4 is 0 Å². The molecule has 0 aromatic carbocycles. The van der Waals surface area contributed by atoms with Gasteiger partial charge in [-0.05, 0) is 148 Å². The topological polar surface area (TPSA) is 231 Å². The Hall–Kier alpha value is -4.57. The third kappa shape index (κ3) is 84.2. The number of hydrogen-bond acceptors (Lipinski definition) is 14. The van der Waals surface area contributed by atoms with E-state index in [0.717, 1.165) is 161 Å². The summed E-state index contributed by atoms with van der Waals surface area (Å²) in [4.78, 5) is 58.9. The first-order valence-electron chi connectivity index (χ1n) is 43.1. The first-order valence-corrected chi connectivity index (χ1v) is 46.1. The van der Waals surface area contributed by atoms with Gasteiger partial charge in [0.25, 0.3) is 0 Å². The van der Waals surface area contributed by atoms with Crippen molar-refractivity contribution in [3.8, 4) is 0 Å². The Morgan fingerprint density at radius 3 is 0.771 bits per heavy atom. The zero-order valence-corrected chi connectivity index (χ0v) is 70.5. The van der Waals surface area contributed by atoms with Crippen molar-refractivity contribution >= 4 is 33.6 Å². The van der Waals surface area contributed by atoms with Crippen molar-refractivity contribution < 1.29 is 75.8 Å². The number of carbonyl (C=O) groups is 3. The molecule has 109 heavy (non-hydrogen) atoms. The van der Waals surface area contributed by atoms with Crippen LogP contribution in [0.15, 0.2) is 146 Å². The van der Waals surface area contributed by atoms with Gasteiger partial charge in [-0.3, -0.25) is 32.5 Å². The number of esters is 3. The Labute approximate surface area is 664 Å². The number of unbranched alkanes of at least 4 members (excludes halogenated alkanes) is 34. The average Bonchev–Trinajstić information content (AvgIpc) is 0.904. The molecule has 0 aromatic rings. The van der Waals surface area contributed by atoms with Gasteiger partial charge in [-0.15, -0.1) is 0 Å². The highest BCUT2D eigenvalue weighted by atomic mass is 31.2. The molecule has 0 spiro atoms. The van der Waals surface area contributed by atoms with E-state index in [1.807, 2.05) is 0 Å². The molecule has 0 heterocycles.